The predicted octanol–water partition coefficient (Wildman–Crippen LogP) is 1.33. The van der Waals surface area contributed by atoms with Crippen LogP contribution in [0.5, 0.6) is 0 Å². The van der Waals surface area contributed by atoms with Gasteiger partial charge < -0.3 is 15.0 Å². The van der Waals surface area contributed by atoms with Gasteiger partial charge in [0.2, 0.25) is 11.8 Å². The van der Waals surface area contributed by atoms with Gasteiger partial charge in [0, 0.05) is 19.6 Å². The number of thioether (sulfide) groups is 1. The fourth-order valence-electron chi connectivity index (χ4n) is 2.35. The molecule has 1 fully saturated rings. The Balaban J connectivity index is 1.50. The molecule has 2 rings (SSSR count). The van der Waals surface area contributed by atoms with Gasteiger partial charge in [0.25, 0.3) is 0 Å². The first kappa shape index (κ1) is 17.8. The molecule has 2 amide bonds. The largest absolute Gasteiger partial charge is 0.378 e. The van der Waals surface area contributed by atoms with Crippen molar-refractivity contribution < 1.29 is 14.3 Å². The molecule has 0 radical (unpaired) electrons. The van der Waals surface area contributed by atoms with Gasteiger partial charge in [-0.15, -0.1) is 11.8 Å². The lowest BCUT2D eigenvalue weighted by molar-refractivity contribution is -0.132. The summed E-state index contributed by atoms with van der Waals surface area (Å²) in [6, 6.07) is 10.2. The van der Waals surface area contributed by atoms with E-state index in [4.69, 9.17) is 4.74 Å². The lowest BCUT2D eigenvalue weighted by atomic mass is 10.1. The Kier molecular flexibility index (Phi) is 7.97. The third-order valence-corrected chi connectivity index (χ3v) is 4.55. The maximum Gasteiger partial charge on any atom is 0.232 e. The van der Waals surface area contributed by atoms with Crippen LogP contribution >= 0.6 is 11.8 Å². The first-order chi connectivity index (χ1) is 11.3. The second-order valence-corrected chi connectivity index (χ2v) is 6.41. The normalized spacial score (nSPS) is 14.5. The summed E-state index contributed by atoms with van der Waals surface area (Å²) in [6.07, 6.45) is 1.89. The van der Waals surface area contributed by atoms with Crippen LogP contribution in [0.3, 0.4) is 0 Å². The molecule has 0 atom stereocenters. The Morgan fingerprint density at radius 1 is 1.13 bits per heavy atom. The second kappa shape index (κ2) is 10.3. The monoisotopic (exact) mass is 336 g/mol. The number of benzene rings is 1. The number of ether oxygens (including phenoxy) is 1. The zero-order chi connectivity index (χ0) is 16.3. The SMILES string of the molecule is O=C(CSCC(=O)N1CCOCC1)NCCCc1ccccc1. The quantitative estimate of drug-likeness (QED) is 0.728. The number of amides is 2. The molecular formula is C17H24N2O3S. The third-order valence-electron chi connectivity index (χ3n) is 3.63. The fraction of sp³-hybridized carbons (Fsp3) is 0.529. The minimum atomic E-state index is -0.00200. The molecule has 23 heavy (non-hydrogen) atoms. The topological polar surface area (TPSA) is 58.6 Å². The molecule has 5 nitrogen and oxygen atoms in total. The molecule has 6 heteroatoms. The van der Waals surface area contributed by atoms with Crippen LogP contribution in [0, 0.1) is 0 Å². The van der Waals surface area contributed by atoms with Crippen LogP contribution in [0.1, 0.15) is 12.0 Å². The molecule has 1 N–H and O–H groups in total. The van der Waals surface area contributed by atoms with Crippen molar-refractivity contribution in [2.75, 3.05) is 44.4 Å². The summed E-state index contributed by atoms with van der Waals surface area (Å²) in [5.41, 5.74) is 1.28. The van der Waals surface area contributed by atoms with Crippen molar-refractivity contribution in [2.24, 2.45) is 0 Å². The number of carbonyl (C=O) groups excluding carboxylic acids is 2. The highest BCUT2D eigenvalue weighted by molar-refractivity contribution is 8.00. The molecular weight excluding hydrogens is 312 g/mol. The molecule has 1 heterocycles. The lowest BCUT2D eigenvalue weighted by Crippen LogP contribution is -2.41. The van der Waals surface area contributed by atoms with E-state index in [1.807, 2.05) is 18.2 Å². The second-order valence-electron chi connectivity index (χ2n) is 5.43. The molecule has 1 aromatic carbocycles. The standard InChI is InChI=1S/C17H24N2O3S/c20-16(18-8-4-7-15-5-2-1-3-6-15)13-23-14-17(21)19-9-11-22-12-10-19/h1-3,5-6H,4,7-14H2,(H,18,20). The summed E-state index contributed by atoms with van der Waals surface area (Å²) < 4.78 is 5.21. The van der Waals surface area contributed by atoms with Gasteiger partial charge in [0.15, 0.2) is 0 Å². The van der Waals surface area contributed by atoms with E-state index in [-0.39, 0.29) is 11.8 Å². The number of aryl methyl sites for hydroxylation is 1. The number of hydrogen-bond acceptors (Lipinski definition) is 4. The van der Waals surface area contributed by atoms with Crippen LogP contribution < -0.4 is 5.32 Å². The van der Waals surface area contributed by atoms with E-state index < -0.39 is 0 Å². The van der Waals surface area contributed by atoms with E-state index in [2.05, 4.69) is 17.4 Å². The van der Waals surface area contributed by atoms with E-state index >= 15 is 0 Å². The molecule has 1 aliphatic heterocycles. The Labute approximate surface area is 141 Å². The molecule has 0 bridgehead atoms. The van der Waals surface area contributed by atoms with Crippen LogP contribution in [0.15, 0.2) is 30.3 Å². The van der Waals surface area contributed by atoms with Crippen molar-refractivity contribution >= 4 is 23.6 Å². The van der Waals surface area contributed by atoms with Crippen LogP contribution in [0.2, 0.25) is 0 Å². The van der Waals surface area contributed by atoms with E-state index in [0.717, 1.165) is 12.8 Å². The van der Waals surface area contributed by atoms with Crippen molar-refractivity contribution in [2.45, 2.75) is 12.8 Å². The lowest BCUT2D eigenvalue weighted by Gasteiger charge is -2.26. The molecule has 0 spiro atoms. The maximum absolute atomic E-state index is 11.9. The summed E-state index contributed by atoms with van der Waals surface area (Å²) in [4.78, 5) is 25.4. The Bertz CT molecular complexity index is 490. The molecule has 0 aliphatic carbocycles. The molecule has 0 unspecified atom stereocenters. The van der Waals surface area contributed by atoms with E-state index in [9.17, 15) is 9.59 Å². The van der Waals surface area contributed by atoms with Crippen LogP contribution in [0.4, 0.5) is 0 Å². The number of hydrogen-bond donors (Lipinski definition) is 1. The minimum Gasteiger partial charge on any atom is -0.378 e. The summed E-state index contributed by atoms with van der Waals surface area (Å²) in [7, 11) is 0. The van der Waals surface area contributed by atoms with Crippen molar-refractivity contribution in [1.29, 1.82) is 0 Å². The summed E-state index contributed by atoms with van der Waals surface area (Å²) in [6.45, 7) is 3.21. The van der Waals surface area contributed by atoms with Crippen LogP contribution in [-0.4, -0.2) is 61.1 Å². The van der Waals surface area contributed by atoms with Gasteiger partial charge in [0.05, 0.1) is 24.7 Å². The highest BCUT2D eigenvalue weighted by atomic mass is 32.2. The van der Waals surface area contributed by atoms with Crippen molar-refractivity contribution in [3.63, 3.8) is 0 Å². The predicted molar refractivity (Wildman–Crippen MR) is 92.5 cm³/mol. The van der Waals surface area contributed by atoms with Gasteiger partial charge in [-0.05, 0) is 18.4 Å². The third kappa shape index (κ3) is 7.05. The van der Waals surface area contributed by atoms with Crippen molar-refractivity contribution in [3.8, 4) is 0 Å². The number of nitrogens with one attached hydrogen (secondary N) is 1. The molecule has 126 valence electrons. The summed E-state index contributed by atoms with van der Waals surface area (Å²) in [5, 5.41) is 2.90. The molecule has 1 saturated heterocycles. The Morgan fingerprint density at radius 3 is 2.61 bits per heavy atom. The van der Waals surface area contributed by atoms with Crippen molar-refractivity contribution in [1.82, 2.24) is 10.2 Å². The number of morpholine rings is 1. The zero-order valence-electron chi connectivity index (χ0n) is 13.3. The van der Waals surface area contributed by atoms with Gasteiger partial charge in [-0.25, -0.2) is 0 Å². The highest BCUT2D eigenvalue weighted by Gasteiger charge is 2.16. The van der Waals surface area contributed by atoms with E-state index in [1.54, 1.807) is 4.90 Å². The maximum atomic E-state index is 11.9. The first-order valence-corrected chi connectivity index (χ1v) is 9.15. The molecule has 1 aromatic rings. The van der Waals surface area contributed by atoms with Crippen LogP contribution in [-0.2, 0) is 20.7 Å². The smallest absolute Gasteiger partial charge is 0.232 e. The van der Waals surface area contributed by atoms with Gasteiger partial charge in [-0.2, -0.15) is 0 Å². The average Bonchev–Trinajstić information content (AvgIpc) is 2.60. The first-order valence-electron chi connectivity index (χ1n) is 7.99. The summed E-state index contributed by atoms with van der Waals surface area (Å²) >= 11 is 1.37. The number of rotatable bonds is 8. The van der Waals surface area contributed by atoms with Crippen LogP contribution in [0.25, 0.3) is 0 Å². The molecule has 0 aromatic heterocycles. The van der Waals surface area contributed by atoms with Gasteiger partial charge in [0.1, 0.15) is 0 Å². The van der Waals surface area contributed by atoms with Crippen molar-refractivity contribution in [3.05, 3.63) is 35.9 Å². The number of carbonyl (C=O) groups is 2. The minimum absolute atomic E-state index is 0.00200. The number of nitrogens with zero attached hydrogens (tertiary/aromatic N) is 1. The average molecular weight is 336 g/mol. The Morgan fingerprint density at radius 2 is 1.87 bits per heavy atom. The van der Waals surface area contributed by atoms with Gasteiger partial charge >= 0.3 is 0 Å². The summed E-state index contributed by atoms with van der Waals surface area (Å²) in [5.74, 6) is 0.784. The van der Waals surface area contributed by atoms with E-state index in [0.29, 0.717) is 44.4 Å². The molecule has 0 saturated carbocycles. The van der Waals surface area contributed by atoms with E-state index in [1.165, 1.54) is 17.3 Å². The van der Waals surface area contributed by atoms with Gasteiger partial charge in [-0.1, -0.05) is 30.3 Å². The molecule has 1 aliphatic rings. The fourth-order valence-corrected chi connectivity index (χ4v) is 3.10. The highest BCUT2D eigenvalue weighted by Crippen LogP contribution is 2.05. The zero-order valence-corrected chi connectivity index (χ0v) is 14.1. The Hall–Kier alpha value is -1.53. The van der Waals surface area contributed by atoms with Gasteiger partial charge in [-0.3, -0.25) is 9.59 Å².